The van der Waals surface area contributed by atoms with Crippen LogP contribution in [0.4, 0.5) is 5.13 Å². The maximum Gasteiger partial charge on any atom is 0.263 e. The van der Waals surface area contributed by atoms with Crippen LogP contribution >= 0.6 is 34.4 Å². The number of fused-ring (bicyclic) bond motifs is 3. The Kier molecular flexibility index (Phi) is 6.40. The fourth-order valence-electron chi connectivity index (χ4n) is 4.90. The van der Waals surface area contributed by atoms with Gasteiger partial charge in [-0.2, -0.15) is 0 Å². The van der Waals surface area contributed by atoms with Crippen LogP contribution in [-0.2, 0) is 23.4 Å². The Hall–Kier alpha value is -1.71. The smallest absolute Gasteiger partial charge is 0.263 e. The largest absolute Gasteiger partial charge is 0.289 e. The molecular weight excluding hydrogens is 460 g/mol. The number of amides is 1. The van der Waals surface area contributed by atoms with E-state index in [1.807, 2.05) is 16.9 Å². The number of carbonyl (C=O) groups excluding carboxylic acids is 1. The van der Waals surface area contributed by atoms with Crippen LogP contribution in [-0.4, -0.2) is 27.0 Å². The first-order valence-corrected chi connectivity index (χ1v) is 14.2. The Bertz CT molecular complexity index is 1210. The van der Waals surface area contributed by atoms with Crippen molar-refractivity contribution in [3.63, 3.8) is 0 Å². The third-order valence-electron chi connectivity index (χ3n) is 6.49. The number of thiazole rings is 1. The van der Waals surface area contributed by atoms with Crippen molar-refractivity contribution in [1.29, 1.82) is 0 Å². The molecule has 0 saturated heterocycles. The topological polar surface area (TPSA) is 68.1 Å². The minimum absolute atomic E-state index is 0.00454. The van der Waals surface area contributed by atoms with E-state index >= 15 is 0 Å². The number of aromatic nitrogens is 3. The summed E-state index contributed by atoms with van der Waals surface area (Å²) in [4.78, 5) is 39.3. The van der Waals surface area contributed by atoms with Gasteiger partial charge in [0.05, 0.1) is 11.1 Å². The molecule has 9 heteroatoms. The Morgan fingerprint density at radius 3 is 2.75 bits per heavy atom. The molecule has 6 nitrogen and oxygen atoms in total. The van der Waals surface area contributed by atoms with E-state index in [0.717, 1.165) is 51.9 Å². The van der Waals surface area contributed by atoms with Crippen molar-refractivity contribution < 1.29 is 4.79 Å². The van der Waals surface area contributed by atoms with Crippen molar-refractivity contribution in [1.82, 2.24) is 14.5 Å². The number of aryl methyl sites for hydroxylation is 2. The van der Waals surface area contributed by atoms with Crippen LogP contribution in [0.3, 0.4) is 0 Å². The van der Waals surface area contributed by atoms with E-state index in [1.54, 1.807) is 34.9 Å². The molecule has 0 unspecified atom stereocenters. The van der Waals surface area contributed by atoms with Gasteiger partial charge in [-0.25, -0.2) is 9.97 Å². The number of rotatable bonds is 6. The predicted octanol–water partition coefficient (Wildman–Crippen LogP) is 5.57. The van der Waals surface area contributed by atoms with Crippen LogP contribution in [0.15, 0.2) is 15.3 Å². The summed E-state index contributed by atoms with van der Waals surface area (Å²) in [5.41, 5.74) is 2.36. The second-order valence-corrected chi connectivity index (χ2v) is 11.4. The summed E-state index contributed by atoms with van der Waals surface area (Å²) in [7, 11) is 0. The normalized spacial score (nSPS) is 16.6. The molecule has 0 bridgehead atoms. The SMILES string of the molecule is CCN(C(C)=O)c1nc(CSc2nc3sc4c(c3c(=O)n2C2CCCC2)CCCC4)cs1. The van der Waals surface area contributed by atoms with E-state index in [4.69, 9.17) is 4.98 Å². The summed E-state index contributed by atoms with van der Waals surface area (Å²) < 4.78 is 2.00. The monoisotopic (exact) mass is 488 g/mol. The van der Waals surface area contributed by atoms with Crippen LogP contribution < -0.4 is 10.5 Å². The predicted molar refractivity (Wildman–Crippen MR) is 133 cm³/mol. The number of thiophene rings is 1. The first kappa shape index (κ1) is 22.1. The Morgan fingerprint density at radius 2 is 2.00 bits per heavy atom. The first-order chi connectivity index (χ1) is 15.6. The lowest BCUT2D eigenvalue weighted by molar-refractivity contribution is -0.116. The molecule has 2 aliphatic carbocycles. The molecule has 0 atom stereocenters. The summed E-state index contributed by atoms with van der Waals surface area (Å²) in [6.45, 7) is 4.13. The molecule has 3 aromatic heterocycles. The van der Waals surface area contributed by atoms with Crippen molar-refractivity contribution in [3.05, 3.63) is 31.9 Å². The van der Waals surface area contributed by atoms with E-state index in [2.05, 4.69) is 4.98 Å². The average molecular weight is 489 g/mol. The molecule has 1 amide bonds. The molecule has 3 aromatic rings. The van der Waals surface area contributed by atoms with Gasteiger partial charge in [0.25, 0.3) is 5.56 Å². The summed E-state index contributed by atoms with van der Waals surface area (Å²) in [5, 5.41) is 4.45. The highest BCUT2D eigenvalue weighted by Gasteiger charge is 2.27. The van der Waals surface area contributed by atoms with Crippen LogP contribution in [0, 0.1) is 0 Å². The van der Waals surface area contributed by atoms with E-state index in [9.17, 15) is 9.59 Å². The fourth-order valence-corrected chi connectivity index (χ4v) is 8.20. The zero-order valence-corrected chi connectivity index (χ0v) is 21.0. The van der Waals surface area contributed by atoms with Crippen molar-refractivity contribution in [3.8, 4) is 0 Å². The molecule has 0 radical (unpaired) electrons. The van der Waals surface area contributed by atoms with Crippen LogP contribution in [0.5, 0.6) is 0 Å². The highest BCUT2D eigenvalue weighted by molar-refractivity contribution is 7.98. The molecule has 2 aliphatic rings. The highest BCUT2D eigenvalue weighted by Crippen LogP contribution is 2.38. The van der Waals surface area contributed by atoms with Crippen molar-refractivity contribution >= 4 is 55.7 Å². The first-order valence-electron chi connectivity index (χ1n) is 11.5. The number of hydrogen-bond donors (Lipinski definition) is 0. The lowest BCUT2D eigenvalue weighted by atomic mass is 9.97. The summed E-state index contributed by atoms with van der Waals surface area (Å²) in [5.74, 6) is 0.645. The third kappa shape index (κ3) is 4.03. The van der Waals surface area contributed by atoms with Gasteiger partial charge < -0.3 is 0 Å². The highest BCUT2D eigenvalue weighted by atomic mass is 32.2. The van der Waals surface area contributed by atoms with Crippen LogP contribution in [0.2, 0.25) is 0 Å². The van der Waals surface area contributed by atoms with Gasteiger partial charge in [0.15, 0.2) is 10.3 Å². The maximum absolute atomic E-state index is 13.7. The van der Waals surface area contributed by atoms with E-state index < -0.39 is 0 Å². The molecule has 0 N–H and O–H groups in total. The van der Waals surface area contributed by atoms with Gasteiger partial charge in [-0.05, 0) is 51.0 Å². The molecule has 170 valence electrons. The number of anilines is 1. The summed E-state index contributed by atoms with van der Waals surface area (Å²) >= 11 is 4.81. The van der Waals surface area contributed by atoms with Gasteiger partial charge in [0.1, 0.15) is 4.83 Å². The number of nitrogens with zero attached hydrogens (tertiary/aromatic N) is 4. The van der Waals surface area contributed by atoms with E-state index in [1.165, 1.54) is 47.5 Å². The molecule has 0 spiro atoms. The van der Waals surface area contributed by atoms with Gasteiger partial charge in [0.2, 0.25) is 5.91 Å². The average Bonchev–Trinajstić information content (AvgIpc) is 3.52. The molecule has 3 heterocycles. The quantitative estimate of drug-likeness (QED) is 0.335. The van der Waals surface area contributed by atoms with Gasteiger partial charge >= 0.3 is 0 Å². The third-order valence-corrected chi connectivity index (χ3v) is 9.58. The lowest BCUT2D eigenvalue weighted by Gasteiger charge is -2.18. The maximum atomic E-state index is 13.7. The zero-order valence-electron chi connectivity index (χ0n) is 18.6. The molecule has 0 aliphatic heterocycles. The van der Waals surface area contributed by atoms with Crippen molar-refractivity contribution in [2.75, 3.05) is 11.4 Å². The number of carbonyl (C=O) groups is 1. The summed E-state index contributed by atoms with van der Waals surface area (Å²) in [6, 6.07) is 0.250. The second-order valence-electron chi connectivity index (χ2n) is 8.57. The molecule has 0 aromatic carbocycles. The Balaban J connectivity index is 1.49. The number of hydrogen-bond acceptors (Lipinski definition) is 7. The standard InChI is InChI=1S/C23H28N4O2S3/c1-3-26(14(2)28)22-24-15(12-30-22)13-31-23-25-20-19(17-10-6-7-11-18(17)32-20)21(29)27(23)16-8-4-5-9-16/h12,16H,3-11,13H2,1-2H3. The minimum atomic E-state index is 0.00454. The van der Waals surface area contributed by atoms with Crippen molar-refractivity contribution in [2.45, 2.75) is 82.2 Å². The van der Waals surface area contributed by atoms with Crippen LogP contribution in [0.1, 0.15) is 74.5 Å². The molecular formula is C23H28N4O2S3. The Labute approximate surface area is 200 Å². The fraction of sp³-hybridized carbons (Fsp3) is 0.565. The molecule has 1 saturated carbocycles. The molecule has 5 rings (SSSR count). The molecule has 32 heavy (non-hydrogen) atoms. The van der Waals surface area contributed by atoms with Gasteiger partial charge in [-0.1, -0.05) is 24.6 Å². The van der Waals surface area contributed by atoms with Crippen LogP contribution in [0.25, 0.3) is 10.2 Å². The number of thioether (sulfide) groups is 1. The van der Waals surface area contributed by atoms with Gasteiger partial charge in [-0.3, -0.25) is 19.1 Å². The van der Waals surface area contributed by atoms with E-state index in [0.29, 0.717) is 12.3 Å². The van der Waals surface area contributed by atoms with E-state index in [-0.39, 0.29) is 17.5 Å². The van der Waals surface area contributed by atoms with Gasteiger partial charge in [0, 0.05) is 35.5 Å². The Morgan fingerprint density at radius 1 is 1.22 bits per heavy atom. The van der Waals surface area contributed by atoms with Gasteiger partial charge in [-0.15, -0.1) is 22.7 Å². The summed E-state index contributed by atoms with van der Waals surface area (Å²) in [6.07, 6.45) is 8.92. The molecule has 1 fully saturated rings. The lowest BCUT2D eigenvalue weighted by Crippen LogP contribution is -2.27. The minimum Gasteiger partial charge on any atom is -0.289 e. The second kappa shape index (κ2) is 9.27. The van der Waals surface area contributed by atoms with Crippen molar-refractivity contribution in [2.24, 2.45) is 0 Å². The zero-order chi connectivity index (χ0) is 22.2.